The van der Waals surface area contributed by atoms with E-state index in [1.54, 1.807) is 0 Å². The van der Waals surface area contributed by atoms with Crippen LogP contribution in [-0.4, -0.2) is 24.7 Å². The summed E-state index contributed by atoms with van der Waals surface area (Å²) in [5.74, 6) is -1.54. The molecule has 0 spiro atoms. The number of fused-ring (bicyclic) bond motifs is 1. The summed E-state index contributed by atoms with van der Waals surface area (Å²) >= 11 is 0.784. The highest BCUT2D eigenvalue weighted by atomic mass is 32.1. The summed E-state index contributed by atoms with van der Waals surface area (Å²) in [6, 6.07) is 1.16. The van der Waals surface area contributed by atoms with Crippen molar-refractivity contribution in [3.8, 4) is 5.75 Å². The van der Waals surface area contributed by atoms with Gasteiger partial charge in [0.1, 0.15) is 11.4 Å². The van der Waals surface area contributed by atoms with Crippen molar-refractivity contribution >= 4 is 17.1 Å². The van der Waals surface area contributed by atoms with Crippen molar-refractivity contribution in [2.75, 3.05) is 7.11 Å². The van der Waals surface area contributed by atoms with Crippen LogP contribution in [0.2, 0.25) is 0 Å². The van der Waals surface area contributed by atoms with Gasteiger partial charge in [-0.3, -0.25) is 4.79 Å². The number of hydrogen-bond acceptors (Lipinski definition) is 4. The van der Waals surface area contributed by atoms with Crippen LogP contribution < -0.4 is 4.74 Å². The Hall–Kier alpha value is -1.08. The maximum atomic E-state index is 12.4. The van der Waals surface area contributed by atoms with Crippen LogP contribution in [0, 0.1) is 0 Å². The minimum absolute atomic E-state index is 0.306. The van der Waals surface area contributed by atoms with Crippen LogP contribution in [0.4, 0.5) is 13.2 Å². The van der Waals surface area contributed by atoms with E-state index in [1.807, 2.05) is 13.8 Å². The normalized spacial score (nSPS) is 21.7. The molecule has 7 heteroatoms. The SMILES string of the molecule is COC1CC(C)(C)Oc2cc(C(=O)C(F)(F)F)sc21. The Bertz CT molecular complexity index is 505. The lowest BCUT2D eigenvalue weighted by molar-refractivity contribution is -0.0882. The third-order valence-electron chi connectivity index (χ3n) is 2.85. The Kier molecular flexibility index (Phi) is 3.38. The van der Waals surface area contributed by atoms with Crippen LogP contribution in [0.1, 0.15) is 40.9 Å². The molecule has 0 bridgehead atoms. The fourth-order valence-electron chi connectivity index (χ4n) is 2.01. The molecule has 1 aromatic heterocycles. The van der Waals surface area contributed by atoms with E-state index < -0.39 is 17.6 Å². The second-order valence-corrected chi connectivity index (χ2v) is 6.04. The maximum absolute atomic E-state index is 12.4. The summed E-state index contributed by atoms with van der Waals surface area (Å²) in [5, 5.41) is 0. The first kappa shape index (κ1) is 14.3. The number of ketones is 1. The van der Waals surface area contributed by atoms with Crippen LogP contribution in [0.5, 0.6) is 5.75 Å². The third kappa shape index (κ3) is 2.76. The standard InChI is InChI=1S/C12H13F3O3S/c1-11(2)5-7(17-3)9-6(18-11)4-8(19-9)10(16)12(13,14)15/h4,7H,5H2,1-3H3. The number of carbonyl (C=O) groups excluding carboxylic acids is 1. The van der Waals surface area contributed by atoms with Gasteiger partial charge in [-0.25, -0.2) is 0 Å². The van der Waals surface area contributed by atoms with Crippen molar-refractivity contribution in [3.05, 3.63) is 15.8 Å². The van der Waals surface area contributed by atoms with Gasteiger partial charge >= 0.3 is 6.18 Å². The van der Waals surface area contributed by atoms with E-state index in [2.05, 4.69) is 0 Å². The van der Waals surface area contributed by atoms with Crippen LogP contribution in [-0.2, 0) is 4.74 Å². The molecule has 19 heavy (non-hydrogen) atoms. The summed E-state index contributed by atoms with van der Waals surface area (Å²) in [4.78, 5) is 11.4. The fourth-order valence-corrected chi connectivity index (χ4v) is 3.14. The molecule has 0 radical (unpaired) electrons. The molecule has 3 nitrogen and oxygen atoms in total. The number of hydrogen-bond donors (Lipinski definition) is 0. The second-order valence-electron chi connectivity index (χ2n) is 4.96. The third-order valence-corrected chi connectivity index (χ3v) is 4.05. The number of methoxy groups -OCH3 is 1. The van der Waals surface area contributed by atoms with E-state index in [0.717, 1.165) is 17.4 Å². The van der Waals surface area contributed by atoms with Gasteiger partial charge in [-0.1, -0.05) is 0 Å². The fraction of sp³-hybridized carbons (Fsp3) is 0.583. The number of carbonyl (C=O) groups is 1. The smallest absolute Gasteiger partial charge is 0.455 e. The van der Waals surface area contributed by atoms with Crippen LogP contribution in [0.15, 0.2) is 6.07 Å². The van der Waals surface area contributed by atoms with Crippen molar-refractivity contribution in [2.24, 2.45) is 0 Å². The molecule has 0 amide bonds. The summed E-state index contributed by atoms with van der Waals surface area (Å²) in [6.45, 7) is 3.65. The van der Waals surface area contributed by atoms with Crippen molar-refractivity contribution < 1.29 is 27.4 Å². The quantitative estimate of drug-likeness (QED) is 0.779. The highest BCUT2D eigenvalue weighted by molar-refractivity contribution is 7.14. The lowest BCUT2D eigenvalue weighted by atomic mass is 9.96. The number of Topliss-reactive ketones (excluding diaryl/α,β-unsaturated/α-hetero) is 1. The van der Waals surface area contributed by atoms with E-state index in [-0.39, 0.29) is 11.0 Å². The molecule has 0 N–H and O–H groups in total. The number of thiophene rings is 1. The van der Waals surface area contributed by atoms with Crippen LogP contribution in [0.3, 0.4) is 0 Å². The molecular weight excluding hydrogens is 281 g/mol. The van der Waals surface area contributed by atoms with Gasteiger partial charge in [0.15, 0.2) is 0 Å². The molecule has 1 atom stereocenters. The molecule has 0 aromatic carbocycles. The minimum Gasteiger partial charge on any atom is -0.486 e. The molecule has 0 saturated carbocycles. The summed E-state index contributed by atoms with van der Waals surface area (Å²) in [6.07, 6.45) is -4.69. The molecule has 2 heterocycles. The van der Waals surface area contributed by atoms with Gasteiger partial charge in [-0.05, 0) is 13.8 Å². The van der Waals surface area contributed by atoms with Gasteiger partial charge in [0.05, 0.1) is 15.9 Å². The highest BCUT2D eigenvalue weighted by Crippen LogP contribution is 2.46. The Balaban J connectivity index is 2.40. The average Bonchev–Trinajstić information content (AvgIpc) is 2.67. The first-order valence-electron chi connectivity index (χ1n) is 5.61. The molecular formula is C12H13F3O3S. The molecule has 0 saturated heterocycles. The average molecular weight is 294 g/mol. The first-order chi connectivity index (χ1) is 8.64. The van der Waals surface area contributed by atoms with Crippen LogP contribution in [0.25, 0.3) is 0 Å². The predicted octanol–water partition coefficient (Wildman–Crippen LogP) is 3.74. The Morgan fingerprint density at radius 2 is 2.16 bits per heavy atom. The summed E-state index contributed by atoms with van der Waals surface area (Å²) in [7, 11) is 1.49. The van der Waals surface area contributed by atoms with Crippen molar-refractivity contribution in [3.63, 3.8) is 0 Å². The molecule has 1 aromatic rings. The maximum Gasteiger partial charge on any atom is 0.455 e. The summed E-state index contributed by atoms with van der Waals surface area (Å²) < 4.78 is 48.1. The van der Waals surface area contributed by atoms with Crippen molar-refractivity contribution in [2.45, 2.75) is 38.1 Å². The molecule has 106 valence electrons. The lowest BCUT2D eigenvalue weighted by Gasteiger charge is -2.35. The number of alkyl halides is 3. The van der Waals surface area contributed by atoms with Gasteiger partial charge in [-0.2, -0.15) is 13.2 Å². The van der Waals surface area contributed by atoms with Gasteiger partial charge in [0.25, 0.3) is 5.78 Å². The molecule has 0 aliphatic carbocycles. The molecule has 1 unspecified atom stereocenters. The first-order valence-corrected chi connectivity index (χ1v) is 6.43. The zero-order chi connectivity index (χ0) is 14.4. The Morgan fingerprint density at radius 3 is 2.68 bits per heavy atom. The van der Waals surface area contributed by atoms with Gasteiger partial charge in [-0.15, -0.1) is 11.3 Å². The minimum atomic E-state index is -4.87. The Morgan fingerprint density at radius 1 is 1.53 bits per heavy atom. The van der Waals surface area contributed by atoms with E-state index in [9.17, 15) is 18.0 Å². The molecule has 0 fully saturated rings. The summed E-state index contributed by atoms with van der Waals surface area (Å²) in [5.41, 5.74) is -0.534. The second kappa shape index (κ2) is 4.49. The topological polar surface area (TPSA) is 35.5 Å². The number of ether oxygens (including phenoxy) is 2. The largest absolute Gasteiger partial charge is 0.486 e. The van der Waals surface area contributed by atoms with Crippen molar-refractivity contribution in [1.29, 1.82) is 0 Å². The molecule has 2 rings (SSSR count). The number of halogens is 3. The number of rotatable bonds is 2. The zero-order valence-electron chi connectivity index (χ0n) is 10.6. The van der Waals surface area contributed by atoms with E-state index in [4.69, 9.17) is 9.47 Å². The van der Waals surface area contributed by atoms with E-state index in [1.165, 1.54) is 7.11 Å². The molecule has 1 aliphatic heterocycles. The highest BCUT2D eigenvalue weighted by Gasteiger charge is 2.43. The lowest BCUT2D eigenvalue weighted by Crippen LogP contribution is -2.34. The Labute approximate surface area is 112 Å². The van der Waals surface area contributed by atoms with Gasteiger partial charge < -0.3 is 9.47 Å². The predicted molar refractivity (Wildman–Crippen MR) is 63.8 cm³/mol. The monoisotopic (exact) mass is 294 g/mol. The van der Waals surface area contributed by atoms with Gasteiger partial charge in [0.2, 0.25) is 0 Å². The van der Waals surface area contributed by atoms with Crippen molar-refractivity contribution in [1.82, 2.24) is 0 Å². The van der Waals surface area contributed by atoms with Gasteiger partial charge in [0, 0.05) is 19.6 Å². The zero-order valence-corrected chi connectivity index (χ0v) is 11.4. The van der Waals surface area contributed by atoms with E-state index in [0.29, 0.717) is 17.0 Å². The van der Waals surface area contributed by atoms with Crippen LogP contribution >= 0.6 is 11.3 Å². The van der Waals surface area contributed by atoms with E-state index >= 15 is 0 Å². The molecule has 1 aliphatic rings.